The van der Waals surface area contributed by atoms with Crippen molar-refractivity contribution in [3.05, 3.63) is 59.7 Å². The van der Waals surface area contributed by atoms with E-state index in [-0.39, 0.29) is 11.1 Å². The molecule has 2 aromatic rings. The number of nitrogens with zero attached hydrogens (tertiary/aromatic N) is 2. The number of rotatable bonds is 2. The Morgan fingerprint density at radius 3 is 2.00 bits per heavy atom. The lowest BCUT2D eigenvalue weighted by atomic mass is 10.0. The number of carbonyl (C=O) groups is 1. The van der Waals surface area contributed by atoms with Gasteiger partial charge in [-0.2, -0.15) is 13.2 Å². The van der Waals surface area contributed by atoms with Crippen LogP contribution < -0.4 is 0 Å². The van der Waals surface area contributed by atoms with Crippen LogP contribution in [0.25, 0.3) is 0 Å². The van der Waals surface area contributed by atoms with E-state index < -0.39 is 17.5 Å². The fourth-order valence-electron chi connectivity index (χ4n) is 1.39. The van der Waals surface area contributed by atoms with Gasteiger partial charge in [0.25, 0.3) is 0 Å². The van der Waals surface area contributed by atoms with Crippen LogP contribution in [-0.2, 0) is 6.18 Å². The maximum absolute atomic E-state index is 12.3. The molecular formula is C12H7F3N2O. The first-order chi connectivity index (χ1) is 8.48. The highest BCUT2D eigenvalue weighted by atomic mass is 19.4. The Bertz CT molecular complexity index is 550. The second-order valence-electron chi connectivity index (χ2n) is 3.53. The van der Waals surface area contributed by atoms with E-state index >= 15 is 0 Å². The fraction of sp³-hybridized carbons (Fsp3) is 0.0833. The van der Waals surface area contributed by atoms with Gasteiger partial charge in [-0.1, -0.05) is 12.1 Å². The number of aromatic nitrogens is 2. The van der Waals surface area contributed by atoms with E-state index in [1.807, 2.05) is 0 Å². The van der Waals surface area contributed by atoms with Crippen LogP contribution >= 0.6 is 0 Å². The Kier molecular flexibility index (Phi) is 3.10. The molecule has 0 radical (unpaired) electrons. The van der Waals surface area contributed by atoms with Crippen molar-refractivity contribution in [3.63, 3.8) is 0 Å². The summed E-state index contributed by atoms with van der Waals surface area (Å²) in [5.74, 6) is -0.413. The van der Waals surface area contributed by atoms with E-state index in [4.69, 9.17) is 0 Å². The van der Waals surface area contributed by atoms with Gasteiger partial charge < -0.3 is 0 Å². The fourth-order valence-corrected chi connectivity index (χ4v) is 1.39. The molecule has 0 atom stereocenters. The highest BCUT2D eigenvalue weighted by Crippen LogP contribution is 2.29. The van der Waals surface area contributed by atoms with Crippen molar-refractivity contribution in [1.82, 2.24) is 9.97 Å². The van der Waals surface area contributed by atoms with E-state index in [9.17, 15) is 18.0 Å². The molecule has 3 nitrogen and oxygen atoms in total. The maximum atomic E-state index is 12.3. The van der Waals surface area contributed by atoms with Crippen molar-refractivity contribution >= 4 is 5.78 Å². The molecule has 0 aliphatic heterocycles. The van der Waals surface area contributed by atoms with Gasteiger partial charge in [-0.15, -0.1) is 0 Å². The van der Waals surface area contributed by atoms with Gasteiger partial charge >= 0.3 is 6.18 Å². The van der Waals surface area contributed by atoms with E-state index in [2.05, 4.69) is 9.97 Å². The van der Waals surface area contributed by atoms with Crippen LogP contribution in [0.15, 0.2) is 43.0 Å². The quantitative estimate of drug-likeness (QED) is 0.772. The topological polar surface area (TPSA) is 42.9 Å². The molecule has 6 heteroatoms. The normalized spacial score (nSPS) is 11.3. The first-order valence-electron chi connectivity index (χ1n) is 4.95. The summed E-state index contributed by atoms with van der Waals surface area (Å²) in [6, 6.07) is 4.02. The molecule has 0 aliphatic carbocycles. The van der Waals surface area contributed by atoms with Gasteiger partial charge in [-0.05, 0) is 12.1 Å². The molecule has 0 aliphatic rings. The zero-order valence-electron chi connectivity index (χ0n) is 8.98. The van der Waals surface area contributed by atoms with E-state index in [1.165, 1.54) is 18.7 Å². The molecule has 1 aromatic carbocycles. The largest absolute Gasteiger partial charge is 0.416 e. The Labute approximate surface area is 100 Å². The summed E-state index contributed by atoms with van der Waals surface area (Å²) in [4.78, 5) is 19.2. The summed E-state index contributed by atoms with van der Waals surface area (Å²) in [5, 5.41) is 0. The molecule has 0 saturated heterocycles. The highest BCUT2D eigenvalue weighted by Gasteiger charge is 2.30. The SMILES string of the molecule is O=C(c1ccc(C(F)(F)F)cc1)c1cncnc1. The zero-order valence-corrected chi connectivity index (χ0v) is 8.98. The second-order valence-corrected chi connectivity index (χ2v) is 3.53. The Balaban J connectivity index is 2.28. The van der Waals surface area contributed by atoms with Crippen molar-refractivity contribution in [1.29, 1.82) is 0 Å². The minimum Gasteiger partial charge on any atom is -0.288 e. The lowest BCUT2D eigenvalue weighted by Crippen LogP contribution is -2.07. The molecule has 0 amide bonds. The summed E-state index contributed by atoms with van der Waals surface area (Å²) < 4.78 is 37.0. The van der Waals surface area contributed by atoms with Crippen LogP contribution in [-0.4, -0.2) is 15.8 Å². The molecule has 0 unspecified atom stereocenters. The van der Waals surface area contributed by atoms with Crippen molar-refractivity contribution in [2.45, 2.75) is 6.18 Å². The van der Waals surface area contributed by atoms with Gasteiger partial charge in [-0.25, -0.2) is 9.97 Å². The Morgan fingerprint density at radius 2 is 1.50 bits per heavy atom. The molecule has 0 bridgehead atoms. The summed E-state index contributed by atoms with van der Waals surface area (Å²) in [6.45, 7) is 0. The first kappa shape index (κ1) is 12.2. The molecule has 1 aromatic heterocycles. The lowest BCUT2D eigenvalue weighted by Gasteiger charge is -2.06. The van der Waals surface area contributed by atoms with Crippen molar-refractivity contribution in [2.75, 3.05) is 0 Å². The number of benzene rings is 1. The van der Waals surface area contributed by atoms with Crippen LogP contribution in [0, 0.1) is 0 Å². The predicted molar refractivity (Wildman–Crippen MR) is 56.9 cm³/mol. The number of ketones is 1. The van der Waals surface area contributed by atoms with Gasteiger partial charge in [-0.3, -0.25) is 4.79 Å². The van der Waals surface area contributed by atoms with Crippen LogP contribution in [0.5, 0.6) is 0 Å². The number of hydrogen-bond donors (Lipinski definition) is 0. The molecule has 0 saturated carbocycles. The number of halogens is 3. The molecule has 1 heterocycles. The Morgan fingerprint density at radius 1 is 0.944 bits per heavy atom. The molecule has 0 fully saturated rings. The predicted octanol–water partition coefficient (Wildman–Crippen LogP) is 2.73. The van der Waals surface area contributed by atoms with Gasteiger partial charge in [0.2, 0.25) is 0 Å². The standard InChI is InChI=1S/C12H7F3N2O/c13-12(14,15)10-3-1-8(2-4-10)11(18)9-5-16-7-17-6-9/h1-7H. The van der Waals surface area contributed by atoms with Gasteiger partial charge in [0.05, 0.1) is 11.1 Å². The average molecular weight is 252 g/mol. The molecular weight excluding hydrogens is 245 g/mol. The van der Waals surface area contributed by atoms with Crippen molar-refractivity contribution in [3.8, 4) is 0 Å². The minimum atomic E-state index is -4.41. The number of alkyl halides is 3. The summed E-state index contributed by atoms with van der Waals surface area (Å²) in [5.41, 5.74) is -0.390. The third kappa shape index (κ3) is 2.53. The van der Waals surface area contributed by atoms with Gasteiger partial charge in [0, 0.05) is 18.0 Å². The lowest BCUT2D eigenvalue weighted by molar-refractivity contribution is -0.137. The van der Waals surface area contributed by atoms with Gasteiger partial charge in [0.1, 0.15) is 6.33 Å². The van der Waals surface area contributed by atoms with Crippen molar-refractivity contribution in [2.24, 2.45) is 0 Å². The summed E-state index contributed by atoms with van der Waals surface area (Å²) in [7, 11) is 0. The van der Waals surface area contributed by atoms with Gasteiger partial charge in [0.15, 0.2) is 5.78 Å². The Hall–Kier alpha value is -2.24. The highest BCUT2D eigenvalue weighted by molar-refractivity contribution is 6.08. The molecule has 2 rings (SSSR count). The summed E-state index contributed by atoms with van der Waals surface area (Å²) in [6.07, 6.45) is -0.513. The second kappa shape index (κ2) is 4.56. The third-order valence-electron chi connectivity index (χ3n) is 2.30. The van der Waals surface area contributed by atoms with E-state index in [1.54, 1.807) is 0 Å². The average Bonchev–Trinajstić information content (AvgIpc) is 2.38. The number of hydrogen-bond acceptors (Lipinski definition) is 3. The molecule has 0 N–H and O–H groups in total. The smallest absolute Gasteiger partial charge is 0.288 e. The summed E-state index contributed by atoms with van der Waals surface area (Å²) >= 11 is 0. The van der Waals surface area contributed by atoms with Crippen molar-refractivity contribution < 1.29 is 18.0 Å². The van der Waals surface area contributed by atoms with Crippen LogP contribution in [0.4, 0.5) is 13.2 Å². The number of carbonyl (C=O) groups excluding carboxylic acids is 1. The maximum Gasteiger partial charge on any atom is 0.416 e. The first-order valence-corrected chi connectivity index (χ1v) is 4.95. The molecule has 0 spiro atoms. The molecule has 92 valence electrons. The van der Waals surface area contributed by atoms with E-state index in [0.29, 0.717) is 0 Å². The third-order valence-corrected chi connectivity index (χ3v) is 2.30. The van der Waals surface area contributed by atoms with Crippen LogP contribution in [0.2, 0.25) is 0 Å². The monoisotopic (exact) mass is 252 g/mol. The van der Waals surface area contributed by atoms with Crippen LogP contribution in [0.3, 0.4) is 0 Å². The van der Waals surface area contributed by atoms with E-state index in [0.717, 1.165) is 24.3 Å². The zero-order chi connectivity index (χ0) is 13.2. The molecule has 18 heavy (non-hydrogen) atoms. The minimum absolute atomic E-state index is 0.165. The van der Waals surface area contributed by atoms with Crippen LogP contribution in [0.1, 0.15) is 21.5 Å².